The molecule has 10 heteroatoms. The summed E-state index contributed by atoms with van der Waals surface area (Å²) in [6, 6.07) is 17.6. The standard InChI is InChI=1S/C28H23Cl2N3O5/c1-3-12-38-28(37)18-7-5-9-21(14-18)32-25(34)17-6-4-8-20(13-17)31-24-23(30)26(35)33(27(24)36)22-15-19(29)11-10-16(22)2/h4-11,13-15,31H,3,12H2,1-2H3,(H,32,34). The number of nitrogens with zero attached hydrogens (tertiary/aromatic N) is 1. The lowest BCUT2D eigenvalue weighted by Crippen LogP contribution is -2.32. The van der Waals surface area contributed by atoms with E-state index >= 15 is 0 Å². The molecule has 8 nitrogen and oxygen atoms in total. The first-order chi connectivity index (χ1) is 18.2. The van der Waals surface area contributed by atoms with E-state index in [0.717, 1.165) is 4.90 Å². The first-order valence-electron chi connectivity index (χ1n) is 11.7. The lowest BCUT2D eigenvalue weighted by molar-refractivity contribution is -0.120. The van der Waals surface area contributed by atoms with Crippen molar-refractivity contribution in [2.75, 3.05) is 22.1 Å². The van der Waals surface area contributed by atoms with Crippen LogP contribution in [0.25, 0.3) is 0 Å². The molecule has 2 N–H and O–H groups in total. The lowest BCUT2D eigenvalue weighted by atomic mass is 10.1. The van der Waals surface area contributed by atoms with Crippen molar-refractivity contribution in [3.63, 3.8) is 0 Å². The molecule has 3 aromatic rings. The molecule has 1 aliphatic rings. The number of nitrogens with one attached hydrogen (secondary N) is 2. The number of ether oxygens (including phenoxy) is 1. The first-order valence-corrected chi connectivity index (χ1v) is 12.5. The van der Waals surface area contributed by atoms with Crippen LogP contribution in [0.2, 0.25) is 5.02 Å². The summed E-state index contributed by atoms with van der Waals surface area (Å²) in [6.07, 6.45) is 0.701. The number of amides is 3. The van der Waals surface area contributed by atoms with E-state index in [2.05, 4.69) is 10.6 Å². The fraction of sp³-hybridized carbons (Fsp3) is 0.143. The van der Waals surface area contributed by atoms with E-state index in [1.807, 2.05) is 6.92 Å². The monoisotopic (exact) mass is 551 g/mol. The maximum atomic E-state index is 13.1. The highest BCUT2D eigenvalue weighted by molar-refractivity contribution is 6.53. The molecule has 4 rings (SSSR count). The first kappa shape index (κ1) is 26.9. The second-order valence-corrected chi connectivity index (χ2v) is 9.26. The summed E-state index contributed by atoms with van der Waals surface area (Å²) in [5.41, 5.74) is 2.25. The zero-order valence-electron chi connectivity index (χ0n) is 20.5. The predicted molar refractivity (Wildman–Crippen MR) is 147 cm³/mol. The van der Waals surface area contributed by atoms with Crippen LogP contribution < -0.4 is 15.5 Å². The summed E-state index contributed by atoms with van der Waals surface area (Å²) in [5, 5.41) is 5.69. The van der Waals surface area contributed by atoms with Gasteiger partial charge in [0, 0.05) is 22.0 Å². The van der Waals surface area contributed by atoms with Crippen molar-refractivity contribution in [3.8, 4) is 0 Å². The van der Waals surface area contributed by atoms with Crippen molar-refractivity contribution >= 4 is 64.0 Å². The number of rotatable bonds is 8. The van der Waals surface area contributed by atoms with Crippen molar-refractivity contribution in [2.45, 2.75) is 20.3 Å². The SMILES string of the molecule is CCCOC(=O)c1cccc(NC(=O)c2cccc(NC3=C(Cl)C(=O)N(c4cc(Cl)ccc4C)C3=O)c2)c1. The second-order valence-electron chi connectivity index (χ2n) is 8.44. The number of carbonyl (C=O) groups excluding carboxylic acids is 4. The number of hydrogen-bond donors (Lipinski definition) is 2. The number of esters is 1. The van der Waals surface area contributed by atoms with E-state index < -0.39 is 23.7 Å². The van der Waals surface area contributed by atoms with Gasteiger partial charge in [-0.25, -0.2) is 9.69 Å². The number of aryl methyl sites for hydroxylation is 1. The fourth-order valence-electron chi connectivity index (χ4n) is 3.74. The second kappa shape index (κ2) is 11.5. The molecule has 0 radical (unpaired) electrons. The maximum Gasteiger partial charge on any atom is 0.338 e. The molecular weight excluding hydrogens is 529 g/mol. The number of halogens is 2. The Kier molecular flexibility index (Phi) is 8.14. The highest BCUT2D eigenvalue weighted by atomic mass is 35.5. The van der Waals surface area contributed by atoms with E-state index in [9.17, 15) is 19.2 Å². The van der Waals surface area contributed by atoms with Gasteiger partial charge in [-0.15, -0.1) is 0 Å². The minimum absolute atomic E-state index is 0.119. The summed E-state index contributed by atoms with van der Waals surface area (Å²) < 4.78 is 5.14. The Morgan fingerprint density at radius 1 is 0.895 bits per heavy atom. The molecule has 194 valence electrons. The molecule has 0 spiro atoms. The van der Waals surface area contributed by atoms with Crippen molar-refractivity contribution in [1.29, 1.82) is 0 Å². The van der Waals surface area contributed by atoms with Crippen LogP contribution in [0.1, 0.15) is 39.6 Å². The average molecular weight is 552 g/mol. The molecule has 0 aliphatic carbocycles. The Balaban J connectivity index is 1.50. The van der Waals surface area contributed by atoms with Crippen molar-refractivity contribution in [1.82, 2.24) is 0 Å². The Morgan fingerprint density at radius 2 is 1.58 bits per heavy atom. The van der Waals surface area contributed by atoms with Gasteiger partial charge in [0.15, 0.2) is 0 Å². The highest BCUT2D eigenvalue weighted by Gasteiger charge is 2.39. The van der Waals surface area contributed by atoms with Crippen LogP contribution in [0.5, 0.6) is 0 Å². The third kappa shape index (κ3) is 5.72. The van der Waals surface area contributed by atoms with Crippen LogP contribution in [0.15, 0.2) is 77.5 Å². The van der Waals surface area contributed by atoms with Crippen LogP contribution in [0, 0.1) is 6.92 Å². The van der Waals surface area contributed by atoms with E-state index in [-0.39, 0.29) is 16.3 Å². The van der Waals surface area contributed by atoms with E-state index in [1.165, 1.54) is 18.2 Å². The van der Waals surface area contributed by atoms with Crippen molar-refractivity contribution < 1.29 is 23.9 Å². The topological polar surface area (TPSA) is 105 Å². The molecule has 3 amide bonds. The van der Waals surface area contributed by atoms with Crippen LogP contribution in [0.3, 0.4) is 0 Å². The minimum Gasteiger partial charge on any atom is -0.462 e. The zero-order valence-corrected chi connectivity index (χ0v) is 22.0. The molecule has 0 saturated carbocycles. The molecule has 3 aromatic carbocycles. The Morgan fingerprint density at radius 3 is 2.32 bits per heavy atom. The number of imide groups is 1. The zero-order chi connectivity index (χ0) is 27.4. The highest BCUT2D eigenvalue weighted by Crippen LogP contribution is 2.33. The Labute approximate surface area is 229 Å². The molecule has 38 heavy (non-hydrogen) atoms. The third-order valence-corrected chi connectivity index (χ3v) is 6.21. The normalized spacial score (nSPS) is 13.1. The molecule has 0 unspecified atom stereocenters. The molecule has 1 heterocycles. The molecule has 1 aliphatic heterocycles. The van der Waals surface area contributed by atoms with Crippen LogP contribution in [0.4, 0.5) is 17.1 Å². The number of hydrogen-bond acceptors (Lipinski definition) is 6. The Hall–Kier alpha value is -4.14. The van der Waals surface area contributed by atoms with Crippen LogP contribution in [-0.2, 0) is 14.3 Å². The van der Waals surface area contributed by atoms with Gasteiger partial charge in [0.2, 0.25) is 0 Å². The number of carbonyl (C=O) groups is 4. The van der Waals surface area contributed by atoms with Crippen molar-refractivity contribution in [2.24, 2.45) is 0 Å². The summed E-state index contributed by atoms with van der Waals surface area (Å²) in [7, 11) is 0. The lowest BCUT2D eigenvalue weighted by Gasteiger charge is -2.18. The van der Waals surface area contributed by atoms with E-state index in [4.69, 9.17) is 27.9 Å². The van der Waals surface area contributed by atoms with Gasteiger partial charge in [-0.3, -0.25) is 14.4 Å². The van der Waals surface area contributed by atoms with E-state index in [0.29, 0.717) is 46.2 Å². The van der Waals surface area contributed by atoms with Gasteiger partial charge in [0.25, 0.3) is 17.7 Å². The average Bonchev–Trinajstić information content (AvgIpc) is 3.11. The quantitative estimate of drug-likeness (QED) is 0.266. The molecule has 0 atom stereocenters. The van der Waals surface area contributed by atoms with Gasteiger partial charge < -0.3 is 15.4 Å². The molecular formula is C28H23Cl2N3O5. The van der Waals surface area contributed by atoms with E-state index in [1.54, 1.807) is 55.5 Å². The predicted octanol–water partition coefficient (Wildman–Crippen LogP) is 5.90. The van der Waals surface area contributed by atoms with Crippen LogP contribution in [-0.4, -0.2) is 30.3 Å². The number of anilines is 3. The van der Waals surface area contributed by atoms with Gasteiger partial charge >= 0.3 is 5.97 Å². The maximum absolute atomic E-state index is 13.1. The van der Waals surface area contributed by atoms with Crippen LogP contribution >= 0.6 is 23.2 Å². The largest absolute Gasteiger partial charge is 0.462 e. The molecule has 0 aromatic heterocycles. The molecule has 0 saturated heterocycles. The molecule has 0 bridgehead atoms. The summed E-state index contributed by atoms with van der Waals surface area (Å²) >= 11 is 12.3. The van der Waals surface area contributed by atoms with Gasteiger partial charge in [0.05, 0.1) is 17.9 Å². The van der Waals surface area contributed by atoms with Gasteiger partial charge in [-0.2, -0.15) is 0 Å². The van der Waals surface area contributed by atoms with Crippen molar-refractivity contribution in [3.05, 3.63) is 99.2 Å². The minimum atomic E-state index is -0.684. The summed E-state index contributed by atoms with van der Waals surface area (Å²) in [6.45, 7) is 3.95. The van der Waals surface area contributed by atoms with Gasteiger partial charge in [-0.1, -0.05) is 48.3 Å². The van der Waals surface area contributed by atoms with Gasteiger partial charge in [-0.05, 0) is 67.4 Å². The molecule has 0 fully saturated rings. The fourth-order valence-corrected chi connectivity index (χ4v) is 4.12. The van der Waals surface area contributed by atoms with Gasteiger partial charge in [0.1, 0.15) is 10.7 Å². The number of benzene rings is 3. The smallest absolute Gasteiger partial charge is 0.338 e. The third-order valence-electron chi connectivity index (χ3n) is 5.63. The Bertz CT molecular complexity index is 1480. The summed E-state index contributed by atoms with van der Waals surface area (Å²) in [5.74, 6) is -2.25. The summed E-state index contributed by atoms with van der Waals surface area (Å²) in [4.78, 5) is 52.0.